The van der Waals surface area contributed by atoms with Crippen molar-refractivity contribution in [1.82, 2.24) is 10.2 Å². The number of amides is 2. The second kappa shape index (κ2) is 32.4. The Balaban J connectivity index is 4.24. The molecular formula is C41H78N2O2. The summed E-state index contributed by atoms with van der Waals surface area (Å²) >= 11 is 0. The van der Waals surface area contributed by atoms with Gasteiger partial charge in [-0.1, -0.05) is 173 Å². The van der Waals surface area contributed by atoms with Crippen LogP contribution in [0, 0.1) is 0 Å². The van der Waals surface area contributed by atoms with Crippen LogP contribution in [0.15, 0.2) is 24.3 Å². The van der Waals surface area contributed by atoms with Crippen molar-refractivity contribution >= 4 is 11.8 Å². The lowest BCUT2D eigenvalue weighted by Crippen LogP contribution is -2.58. The molecule has 1 atom stereocenters. The Hall–Kier alpha value is -1.58. The molecule has 0 aromatic rings. The Morgan fingerprint density at radius 2 is 0.933 bits per heavy atom. The second-order valence-corrected chi connectivity index (χ2v) is 13.9. The minimum absolute atomic E-state index is 0.0536. The fourth-order valence-corrected chi connectivity index (χ4v) is 6.42. The zero-order valence-electron chi connectivity index (χ0n) is 31.1. The van der Waals surface area contributed by atoms with Gasteiger partial charge in [0.05, 0.1) is 0 Å². The smallest absolute Gasteiger partial charge is 0.247 e. The van der Waals surface area contributed by atoms with E-state index in [1.807, 2.05) is 14.1 Å². The van der Waals surface area contributed by atoms with Gasteiger partial charge in [0.1, 0.15) is 5.54 Å². The van der Waals surface area contributed by atoms with E-state index < -0.39 is 5.54 Å². The SMILES string of the molecule is CCCCC/C=C\C/C=C\CCCCCCC(CCC)(NC(=O)CCCCCCCCCCCCCCCCC)C(=O)N(C)C. The Morgan fingerprint density at radius 3 is 1.42 bits per heavy atom. The topological polar surface area (TPSA) is 49.4 Å². The highest BCUT2D eigenvalue weighted by Crippen LogP contribution is 2.25. The Morgan fingerprint density at radius 1 is 0.511 bits per heavy atom. The number of nitrogens with zero attached hydrogens (tertiary/aromatic N) is 1. The van der Waals surface area contributed by atoms with Gasteiger partial charge in [-0.2, -0.15) is 0 Å². The van der Waals surface area contributed by atoms with Gasteiger partial charge in [-0.3, -0.25) is 9.59 Å². The summed E-state index contributed by atoms with van der Waals surface area (Å²) in [5.74, 6) is 0.109. The second-order valence-electron chi connectivity index (χ2n) is 13.9. The molecule has 4 heteroatoms. The number of rotatable bonds is 33. The van der Waals surface area contributed by atoms with Crippen LogP contribution >= 0.6 is 0 Å². The molecule has 0 aromatic carbocycles. The quantitative estimate of drug-likeness (QED) is 0.0579. The lowest BCUT2D eigenvalue weighted by atomic mass is 9.85. The number of likely N-dealkylation sites (N-methyl/N-ethyl adjacent to an activating group) is 1. The van der Waals surface area contributed by atoms with Crippen LogP contribution in [0.5, 0.6) is 0 Å². The largest absolute Gasteiger partial charge is 0.347 e. The Kier molecular flexibility index (Phi) is 31.2. The number of carbonyl (C=O) groups excluding carboxylic acids is 2. The van der Waals surface area contributed by atoms with Gasteiger partial charge >= 0.3 is 0 Å². The number of carbonyl (C=O) groups is 2. The first kappa shape index (κ1) is 43.4. The van der Waals surface area contributed by atoms with Gasteiger partial charge in [-0.25, -0.2) is 0 Å². The number of allylic oxidation sites excluding steroid dienone is 4. The van der Waals surface area contributed by atoms with Crippen molar-refractivity contribution in [2.75, 3.05) is 14.1 Å². The number of hydrogen-bond acceptors (Lipinski definition) is 2. The zero-order chi connectivity index (χ0) is 33.3. The first-order valence-corrected chi connectivity index (χ1v) is 19.8. The molecule has 0 saturated heterocycles. The molecule has 0 aromatic heterocycles. The zero-order valence-corrected chi connectivity index (χ0v) is 31.1. The fourth-order valence-electron chi connectivity index (χ4n) is 6.42. The van der Waals surface area contributed by atoms with Crippen molar-refractivity contribution in [1.29, 1.82) is 0 Å². The summed E-state index contributed by atoms with van der Waals surface area (Å²) in [5, 5.41) is 3.26. The van der Waals surface area contributed by atoms with Crippen LogP contribution in [-0.4, -0.2) is 36.3 Å². The van der Waals surface area contributed by atoms with Crippen molar-refractivity contribution in [2.24, 2.45) is 0 Å². The van der Waals surface area contributed by atoms with E-state index in [0.29, 0.717) is 12.8 Å². The van der Waals surface area contributed by atoms with Gasteiger partial charge in [-0.15, -0.1) is 0 Å². The maximum Gasteiger partial charge on any atom is 0.247 e. The van der Waals surface area contributed by atoms with Crippen LogP contribution in [0.2, 0.25) is 0 Å². The van der Waals surface area contributed by atoms with Crippen LogP contribution in [0.1, 0.15) is 207 Å². The van der Waals surface area contributed by atoms with Crippen LogP contribution in [0.25, 0.3) is 0 Å². The van der Waals surface area contributed by atoms with Crippen molar-refractivity contribution < 1.29 is 9.59 Å². The summed E-state index contributed by atoms with van der Waals surface area (Å²) in [6.07, 6.45) is 43.6. The van der Waals surface area contributed by atoms with E-state index in [1.54, 1.807) is 4.90 Å². The average molecular weight is 631 g/mol. The summed E-state index contributed by atoms with van der Waals surface area (Å²) in [7, 11) is 3.64. The third-order valence-corrected chi connectivity index (χ3v) is 9.18. The lowest BCUT2D eigenvalue weighted by Gasteiger charge is -2.36. The predicted octanol–water partition coefficient (Wildman–Crippen LogP) is 12.4. The standard InChI is InChI=1S/C41H78N2O2/c1-6-9-11-13-15-17-19-21-23-24-26-28-30-32-34-36-39(44)42-41(37-8-3,40(45)43(4)5)38-35-33-31-29-27-25-22-20-18-16-14-12-10-7-2/h16,18,22,25H,6-15,17,19-21,23-24,26-38H2,1-5H3,(H,42,44)/b18-16-,25-22-. The van der Waals surface area contributed by atoms with Gasteiger partial charge in [0.25, 0.3) is 0 Å². The van der Waals surface area contributed by atoms with Crippen LogP contribution in [0.4, 0.5) is 0 Å². The number of hydrogen-bond donors (Lipinski definition) is 1. The van der Waals surface area contributed by atoms with Gasteiger partial charge < -0.3 is 10.2 Å². The molecule has 1 unspecified atom stereocenters. The van der Waals surface area contributed by atoms with E-state index >= 15 is 0 Å². The highest BCUT2D eigenvalue weighted by molar-refractivity contribution is 5.91. The van der Waals surface area contributed by atoms with Crippen molar-refractivity contribution in [3.8, 4) is 0 Å². The average Bonchev–Trinajstić information content (AvgIpc) is 3.02. The van der Waals surface area contributed by atoms with E-state index in [-0.39, 0.29) is 11.8 Å². The van der Waals surface area contributed by atoms with Gasteiger partial charge in [0, 0.05) is 20.5 Å². The highest BCUT2D eigenvalue weighted by atomic mass is 16.2. The molecule has 0 saturated carbocycles. The molecule has 0 rings (SSSR count). The normalized spacial score (nSPS) is 13.1. The van der Waals surface area contributed by atoms with E-state index in [4.69, 9.17) is 0 Å². The minimum atomic E-state index is -0.756. The molecule has 0 heterocycles. The summed E-state index contributed by atoms with van der Waals surface area (Å²) in [5.41, 5.74) is -0.756. The Bertz CT molecular complexity index is 729. The molecule has 0 aliphatic heterocycles. The summed E-state index contributed by atoms with van der Waals surface area (Å²) < 4.78 is 0. The first-order chi connectivity index (χ1) is 21.9. The molecule has 0 fully saturated rings. The van der Waals surface area contributed by atoms with E-state index in [2.05, 4.69) is 50.4 Å². The molecule has 2 amide bonds. The van der Waals surface area contributed by atoms with Crippen molar-refractivity contribution in [3.05, 3.63) is 24.3 Å². The lowest BCUT2D eigenvalue weighted by molar-refractivity contribution is -0.140. The van der Waals surface area contributed by atoms with Gasteiger partial charge in [-0.05, 0) is 51.4 Å². The molecule has 1 N–H and O–H groups in total. The number of nitrogens with one attached hydrogen (secondary N) is 1. The van der Waals surface area contributed by atoms with Gasteiger partial charge in [0.2, 0.25) is 11.8 Å². The molecule has 264 valence electrons. The molecule has 0 aliphatic carbocycles. The fraction of sp³-hybridized carbons (Fsp3) is 0.854. The van der Waals surface area contributed by atoms with Crippen molar-refractivity contribution in [3.63, 3.8) is 0 Å². The maximum absolute atomic E-state index is 13.4. The first-order valence-electron chi connectivity index (χ1n) is 19.8. The molecule has 0 bridgehead atoms. The third-order valence-electron chi connectivity index (χ3n) is 9.18. The summed E-state index contributed by atoms with van der Waals surface area (Å²) in [6, 6.07) is 0. The monoisotopic (exact) mass is 631 g/mol. The molecule has 4 nitrogen and oxygen atoms in total. The highest BCUT2D eigenvalue weighted by Gasteiger charge is 2.39. The third kappa shape index (κ3) is 26.2. The van der Waals surface area contributed by atoms with Crippen LogP contribution in [-0.2, 0) is 9.59 Å². The summed E-state index contributed by atoms with van der Waals surface area (Å²) in [4.78, 5) is 28.1. The molecule has 0 aliphatic rings. The van der Waals surface area contributed by atoms with Crippen LogP contribution in [0.3, 0.4) is 0 Å². The molecule has 0 radical (unpaired) electrons. The van der Waals surface area contributed by atoms with Crippen LogP contribution < -0.4 is 5.32 Å². The minimum Gasteiger partial charge on any atom is -0.347 e. The van der Waals surface area contributed by atoms with Gasteiger partial charge in [0.15, 0.2) is 0 Å². The van der Waals surface area contributed by atoms with E-state index in [1.165, 1.54) is 122 Å². The Labute approximate surface area is 282 Å². The molecule has 0 spiro atoms. The predicted molar refractivity (Wildman–Crippen MR) is 199 cm³/mol. The number of unbranched alkanes of at least 4 members (excludes halogenated alkanes) is 21. The summed E-state index contributed by atoms with van der Waals surface area (Å²) in [6.45, 7) is 6.65. The molecule has 45 heavy (non-hydrogen) atoms. The van der Waals surface area contributed by atoms with Crippen molar-refractivity contribution in [2.45, 2.75) is 213 Å². The van der Waals surface area contributed by atoms with E-state index in [9.17, 15) is 9.59 Å². The van der Waals surface area contributed by atoms with E-state index in [0.717, 1.165) is 51.4 Å². The molecular weight excluding hydrogens is 552 g/mol. The maximum atomic E-state index is 13.4.